The van der Waals surface area contributed by atoms with Gasteiger partial charge in [0.2, 0.25) is 0 Å². The second kappa shape index (κ2) is 3.38. The molecule has 0 aromatic rings. The van der Waals surface area contributed by atoms with Crippen molar-refractivity contribution in [2.24, 2.45) is 5.92 Å². The average Bonchev–Trinajstić information content (AvgIpc) is 1.59. The quantitative estimate of drug-likeness (QED) is 0.576. The highest BCUT2D eigenvalue weighted by atomic mass is 31.2. The van der Waals surface area contributed by atoms with Gasteiger partial charge in [-0.25, -0.2) is 0 Å². The lowest BCUT2D eigenvalue weighted by Gasteiger charge is -2.09. The van der Waals surface area contributed by atoms with E-state index >= 15 is 0 Å². The maximum atomic E-state index is 10.9. The van der Waals surface area contributed by atoms with E-state index in [0.717, 1.165) is 0 Å². The van der Waals surface area contributed by atoms with Crippen molar-refractivity contribution in [1.29, 1.82) is 0 Å². The first-order chi connectivity index (χ1) is 3.92. The van der Waals surface area contributed by atoms with Crippen LogP contribution in [-0.4, -0.2) is 19.9 Å². The molecule has 0 saturated heterocycles. The molecule has 0 bridgehead atoms. The van der Waals surface area contributed by atoms with E-state index in [0.29, 0.717) is 12.5 Å². The van der Waals surface area contributed by atoms with Crippen LogP contribution in [0, 0.1) is 5.92 Å². The lowest BCUT2D eigenvalue weighted by atomic mass is 10.2. The third-order valence-electron chi connectivity index (χ3n) is 0.719. The van der Waals surface area contributed by atoms with Crippen LogP contribution in [0.5, 0.6) is 0 Å². The van der Waals surface area contributed by atoms with Gasteiger partial charge in [-0.15, -0.1) is 0 Å². The van der Waals surface area contributed by atoms with Crippen LogP contribution in [0.15, 0.2) is 0 Å². The zero-order valence-corrected chi connectivity index (χ0v) is 7.44. The molecule has 0 aromatic carbocycles. The van der Waals surface area contributed by atoms with Crippen LogP contribution >= 0.6 is 7.37 Å². The molecule has 56 valence electrons. The molecule has 2 nitrogen and oxygen atoms in total. The maximum Gasteiger partial charge on any atom is 0.197 e. The Morgan fingerprint density at radius 3 is 2.00 bits per heavy atom. The van der Waals surface area contributed by atoms with Gasteiger partial charge >= 0.3 is 0 Å². The van der Waals surface area contributed by atoms with Crippen molar-refractivity contribution in [2.75, 3.05) is 19.9 Å². The fourth-order valence-electron chi connectivity index (χ4n) is 0.329. The molecule has 9 heavy (non-hydrogen) atoms. The summed E-state index contributed by atoms with van der Waals surface area (Å²) in [6, 6.07) is 0. The maximum absolute atomic E-state index is 10.9. The SMILES string of the molecule is CC(C)COP(C)(C)=O. The van der Waals surface area contributed by atoms with Crippen LogP contribution in [0.2, 0.25) is 0 Å². The molecule has 3 heteroatoms. The molecule has 0 spiro atoms. The Kier molecular flexibility index (Phi) is 3.45. The van der Waals surface area contributed by atoms with Gasteiger partial charge in [-0.2, -0.15) is 0 Å². The summed E-state index contributed by atoms with van der Waals surface area (Å²) in [5.74, 6) is 0.471. The van der Waals surface area contributed by atoms with E-state index in [1.165, 1.54) is 0 Å². The fraction of sp³-hybridized carbons (Fsp3) is 1.00. The van der Waals surface area contributed by atoms with Crippen molar-refractivity contribution < 1.29 is 9.09 Å². The van der Waals surface area contributed by atoms with E-state index in [1.807, 2.05) is 13.8 Å². The summed E-state index contributed by atoms with van der Waals surface area (Å²) in [4.78, 5) is 0. The normalized spacial score (nSPS) is 12.6. The Morgan fingerprint density at radius 2 is 1.89 bits per heavy atom. The smallest absolute Gasteiger partial charge is 0.197 e. The monoisotopic (exact) mass is 150 g/mol. The summed E-state index contributed by atoms with van der Waals surface area (Å²) in [7, 11) is -2.22. The van der Waals surface area contributed by atoms with Crippen LogP contribution in [-0.2, 0) is 9.09 Å². The first kappa shape index (κ1) is 9.19. The Hall–Kier alpha value is 0.190. The van der Waals surface area contributed by atoms with Gasteiger partial charge in [0.15, 0.2) is 7.37 Å². The molecular weight excluding hydrogens is 135 g/mol. The van der Waals surface area contributed by atoms with E-state index in [2.05, 4.69) is 0 Å². The third kappa shape index (κ3) is 8.19. The van der Waals surface area contributed by atoms with Gasteiger partial charge in [-0.05, 0) is 5.92 Å². The van der Waals surface area contributed by atoms with Crippen molar-refractivity contribution in [3.8, 4) is 0 Å². The first-order valence-corrected chi connectivity index (χ1v) is 5.63. The Balaban J connectivity index is 3.40. The molecule has 0 N–H and O–H groups in total. The van der Waals surface area contributed by atoms with Crippen molar-refractivity contribution >= 4 is 7.37 Å². The number of hydrogen-bond donors (Lipinski definition) is 0. The fourth-order valence-corrected chi connectivity index (χ4v) is 0.986. The van der Waals surface area contributed by atoms with Gasteiger partial charge < -0.3 is 4.52 Å². The first-order valence-electron chi connectivity index (χ1n) is 3.11. The molecule has 0 rings (SSSR count). The zero-order valence-electron chi connectivity index (χ0n) is 6.55. The summed E-state index contributed by atoms with van der Waals surface area (Å²) in [5.41, 5.74) is 0. The highest BCUT2D eigenvalue weighted by Crippen LogP contribution is 2.37. The summed E-state index contributed by atoms with van der Waals surface area (Å²) in [6.45, 7) is 7.94. The molecule has 0 amide bonds. The largest absolute Gasteiger partial charge is 0.329 e. The van der Waals surface area contributed by atoms with Gasteiger partial charge in [0, 0.05) is 13.3 Å². The number of rotatable bonds is 3. The predicted octanol–water partition coefficient (Wildman–Crippen LogP) is 2.20. The average molecular weight is 150 g/mol. The summed E-state index contributed by atoms with van der Waals surface area (Å²) >= 11 is 0. The highest BCUT2D eigenvalue weighted by molar-refractivity contribution is 7.57. The summed E-state index contributed by atoms with van der Waals surface area (Å²) < 4.78 is 15.9. The molecule has 0 saturated carbocycles. The Bertz CT molecular complexity index is 114. The standard InChI is InChI=1S/C6H15O2P/c1-6(2)5-8-9(3,4)7/h6H,5H2,1-4H3. The van der Waals surface area contributed by atoms with Crippen molar-refractivity contribution in [3.63, 3.8) is 0 Å². The molecule has 0 heterocycles. The second-order valence-corrected chi connectivity index (χ2v) is 5.70. The minimum atomic E-state index is -2.22. The van der Waals surface area contributed by atoms with E-state index in [1.54, 1.807) is 13.3 Å². The minimum absolute atomic E-state index is 0.471. The zero-order chi connectivity index (χ0) is 7.49. The molecule has 0 atom stereocenters. The lowest BCUT2D eigenvalue weighted by Crippen LogP contribution is -1.98. The van der Waals surface area contributed by atoms with E-state index < -0.39 is 7.37 Å². The number of hydrogen-bond acceptors (Lipinski definition) is 2. The highest BCUT2D eigenvalue weighted by Gasteiger charge is 2.06. The molecule has 0 aromatic heterocycles. The molecule has 0 unspecified atom stereocenters. The van der Waals surface area contributed by atoms with Crippen molar-refractivity contribution in [1.82, 2.24) is 0 Å². The molecule has 0 aliphatic heterocycles. The van der Waals surface area contributed by atoms with E-state index in [4.69, 9.17) is 4.52 Å². The molecule has 0 radical (unpaired) electrons. The van der Waals surface area contributed by atoms with Gasteiger partial charge in [0.25, 0.3) is 0 Å². The van der Waals surface area contributed by atoms with Gasteiger partial charge in [0.1, 0.15) is 0 Å². The third-order valence-corrected chi connectivity index (χ3v) is 1.49. The minimum Gasteiger partial charge on any atom is -0.329 e. The van der Waals surface area contributed by atoms with Crippen LogP contribution in [0.1, 0.15) is 13.8 Å². The van der Waals surface area contributed by atoms with Crippen LogP contribution in [0.25, 0.3) is 0 Å². The van der Waals surface area contributed by atoms with E-state index in [-0.39, 0.29) is 0 Å². The van der Waals surface area contributed by atoms with Gasteiger partial charge in [-0.3, -0.25) is 4.57 Å². The van der Waals surface area contributed by atoms with Crippen LogP contribution in [0.4, 0.5) is 0 Å². The van der Waals surface area contributed by atoms with Crippen LogP contribution in [0.3, 0.4) is 0 Å². The van der Waals surface area contributed by atoms with Gasteiger partial charge in [0.05, 0.1) is 6.61 Å². The second-order valence-electron chi connectivity index (χ2n) is 2.94. The van der Waals surface area contributed by atoms with Gasteiger partial charge in [-0.1, -0.05) is 13.8 Å². The van der Waals surface area contributed by atoms with Crippen molar-refractivity contribution in [2.45, 2.75) is 13.8 Å². The predicted molar refractivity (Wildman–Crippen MR) is 40.2 cm³/mol. The molecule has 0 aliphatic carbocycles. The molecule has 0 fully saturated rings. The summed E-state index contributed by atoms with van der Waals surface area (Å²) in [5, 5.41) is 0. The summed E-state index contributed by atoms with van der Waals surface area (Å²) in [6.07, 6.45) is 0. The van der Waals surface area contributed by atoms with Crippen molar-refractivity contribution in [3.05, 3.63) is 0 Å². The lowest BCUT2D eigenvalue weighted by molar-refractivity contribution is 0.276. The molecular formula is C6H15O2P. The van der Waals surface area contributed by atoms with Crippen LogP contribution < -0.4 is 0 Å². The Morgan fingerprint density at radius 1 is 1.44 bits per heavy atom. The molecule has 0 aliphatic rings. The topological polar surface area (TPSA) is 26.3 Å². The Labute approximate surface area is 57.1 Å². The van der Waals surface area contributed by atoms with E-state index in [9.17, 15) is 4.57 Å².